The number of aromatic nitrogens is 6. The molecule has 1 saturated carbocycles. The fourth-order valence-corrected chi connectivity index (χ4v) is 5.65. The van der Waals surface area contributed by atoms with E-state index in [1.54, 1.807) is 16.9 Å². The Balaban J connectivity index is 1.39. The highest BCUT2D eigenvalue weighted by Crippen LogP contribution is 2.38. The van der Waals surface area contributed by atoms with E-state index in [-0.39, 0.29) is 6.03 Å². The summed E-state index contributed by atoms with van der Waals surface area (Å²) < 4.78 is 1.77. The van der Waals surface area contributed by atoms with Crippen molar-refractivity contribution < 1.29 is 4.79 Å². The van der Waals surface area contributed by atoms with Crippen LogP contribution in [0.1, 0.15) is 43.2 Å². The maximum atomic E-state index is 14.2. The highest BCUT2D eigenvalue weighted by Gasteiger charge is 2.42. The third kappa shape index (κ3) is 5.94. The van der Waals surface area contributed by atoms with Crippen LogP contribution in [0.5, 0.6) is 0 Å². The normalized spacial score (nSPS) is 14.0. The van der Waals surface area contributed by atoms with Crippen molar-refractivity contribution in [3.8, 4) is 28.6 Å². The smallest absolute Gasteiger partial charge is 0.324 e. The van der Waals surface area contributed by atoms with Gasteiger partial charge in [-0.05, 0) is 55.0 Å². The minimum atomic E-state index is -0.811. The van der Waals surface area contributed by atoms with Crippen LogP contribution in [0.15, 0.2) is 85.5 Å². The molecule has 216 valence electrons. The number of hydrogen-bond acceptors (Lipinski definition) is 7. The molecule has 1 aliphatic rings. The van der Waals surface area contributed by atoms with Crippen molar-refractivity contribution in [2.45, 2.75) is 44.3 Å². The molecule has 0 saturated heterocycles. The second-order valence-corrected chi connectivity index (χ2v) is 10.7. The summed E-state index contributed by atoms with van der Waals surface area (Å²) in [5.41, 5.74) is 4.34. The summed E-state index contributed by atoms with van der Waals surface area (Å²) in [6.45, 7) is 0.386. The van der Waals surface area contributed by atoms with Gasteiger partial charge in [-0.2, -0.15) is 15.5 Å². The summed E-state index contributed by atoms with van der Waals surface area (Å²) in [6, 6.07) is 21.5. The van der Waals surface area contributed by atoms with Gasteiger partial charge in [-0.25, -0.2) is 14.8 Å². The van der Waals surface area contributed by atoms with E-state index in [1.165, 1.54) is 6.20 Å². The number of nitrogens with one attached hydrogen (secondary N) is 3. The van der Waals surface area contributed by atoms with E-state index in [0.29, 0.717) is 42.3 Å². The lowest BCUT2D eigenvalue weighted by Crippen LogP contribution is -2.61. The molecule has 6 rings (SSSR count). The topological polar surface area (TPSA) is 140 Å². The molecule has 11 heteroatoms. The van der Waals surface area contributed by atoms with Gasteiger partial charge >= 0.3 is 6.03 Å². The van der Waals surface area contributed by atoms with Gasteiger partial charge in [0.05, 0.1) is 23.7 Å². The van der Waals surface area contributed by atoms with Crippen molar-refractivity contribution in [2.24, 2.45) is 7.05 Å². The quantitative estimate of drug-likeness (QED) is 0.205. The van der Waals surface area contributed by atoms with Crippen LogP contribution >= 0.6 is 0 Å². The SMILES string of the molecule is Cn1cc(-c2ccc(N(C(=O)NCc3ccccc3)C3(Nc4ncc(C#N)c(-c5ccn[nH]5)n4)CCCCC3)cc2)cn1. The van der Waals surface area contributed by atoms with Crippen molar-refractivity contribution in [3.05, 3.63) is 96.6 Å². The molecule has 0 atom stereocenters. The van der Waals surface area contributed by atoms with Gasteiger partial charge in [-0.1, -0.05) is 48.9 Å². The maximum Gasteiger partial charge on any atom is 0.324 e. The number of urea groups is 1. The Morgan fingerprint density at radius 2 is 1.84 bits per heavy atom. The van der Waals surface area contributed by atoms with E-state index in [0.717, 1.165) is 41.6 Å². The Bertz CT molecular complexity index is 1720. The molecule has 1 fully saturated rings. The number of aromatic amines is 1. The Morgan fingerprint density at radius 3 is 2.51 bits per heavy atom. The number of hydrogen-bond donors (Lipinski definition) is 3. The second-order valence-electron chi connectivity index (χ2n) is 10.7. The van der Waals surface area contributed by atoms with Crippen LogP contribution in [0.4, 0.5) is 16.4 Å². The number of rotatable bonds is 8. The molecule has 1 aliphatic carbocycles. The van der Waals surface area contributed by atoms with E-state index in [4.69, 9.17) is 4.98 Å². The monoisotopic (exact) mass is 572 g/mol. The van der Waals surface area contributed by atoms with Crippen LogP contribution in [0.2, 0.25) is 0 Å². The minimum absolute atomic E-state index is 0.227. The summed E-state index contributed by atoms with van der Waals surface area (Å²) in [6.07, 6.45) is 11.2. The van der Waals surface area contributed by atoms with E-state index in [9.17, 15) is 10.1 Å². The molecule has 3 heterocycles. The number of carbonyl (C=O) groups excluding carboxylic acids is 1. The lowest BCUT2D eigenvalue weighted by Gasteiger charge is -2.46. The number of benzene rings is 2. The Kier molecular flexibility index (Phi) is 7.82. The predicted octanol–water partition coefficient (Wildman–Crippen LogP) is 5.63. The van der Waals surface area contributed by atoms with Crippen molar-refractivity contribution in [2.75, 3.05) is 10.2 Å². The zero-order valence-electron chi connectivity index (χ0n) is 23.9. The lowest BCUT2D eigenvalue weighted by molar-refractivity contribution is 0.230. The lowest BCUT2D eigenvalue weighted by atomic mass is 9.87. The zero-order chi connectivity index (χ0) is 29.6. The van der Waals surface area contributed by atoms with Gasteiger partial charge in [-0.3, -0.25) is 14.7 Å². The Morgan fingerprint density at radius 1 is 1.05 bits per heavy atom. The Labute approximate surface area is 249 Å². The van der Waals surface area contributed by atoms with Crippen LogP contribution in [0, 0.1) is 11.3 Å². The van der Waals surface area contributed by atoms with E-state index >= 15 is 0 Å². The minimum Gasteiger partial charge on any atom is -0.334 e. The van der Waals surface area contributed by atoms with Crippen LogP contribution in [-0.2, 0) is 13.6 Å². The molecule has 2 amide bonds. The van der Waals surface area contributed by atoms with Crippen molar-refractivity contribution in [1.29, 1.82) is 5.26 Å². The fourth-order valence-electron chi connectivity index (χ4n) is 5.65. The largest absolute Gasteiger partial charge is 0.334 e. The van der Waals surface area contributed by atoms with Gasteiger partial charge in [-0.15, -0.1) is 0 Å². The highest BCUT2D eigenvalue weighted by atomic mass is 16.2. The molecule has 43 heavy (non-hydrogen) atoms. The van der Waals surface area contributed by atoms with Crippen LogP contribution in [0.3, 0.4) is 0 Å². The number of amides is 2. The van der Waals surface area contributed by atoms with Crippen molar-refractivity contribution >= 4 is 17.7 Å². The summed E-state index contributed by atoms with van der Waals surface area (Å²) in [5.74, 6) is 0.332. The molecule has 0 unspecified atom stereocenters. The summed E-state index contributed by atoms with van der Waals surface area (Å²) in [4.78, 5) is 25.2. The molecule has 0 spiro atoms. The molecule has 3 aromatic heterocycles. The van der Waals surface area contributed by atoms with E-state index in [1.807, 2.05) is 78.9 Å². The number of anilines is 2. The Hall–Kier alpha value is -5.50. The molecular weight excluding hydrogens is 540 g/mol. The number of H-pyrrole nitrogens is 1. The van der Waals surface area contributed by atoms with Gasteiger partial charge in [0, 0.05) is 37.2 Å². The first kappa shape index (κ1) is 27.7. The van der Waals surface area contributed by atoms with Gasteiger partial charge in [0.25, 0.3) is 0 Å². The first-order valence-corrected chi connectivity index (χ1v) is 14.3. The van der Waals surface area contributed by atoms with E-state index in [2.05, 4.69) is 37.0 Å². The first-order chi connectivity index (χ1) is 21.0. The average molecular weight is 573 g/mol. The van der Waals surface area contributed by atoms with E-state index < -0.39 is 5.66 Å². The predicted molar refractivity (Wildman–Crippen MR) is 164 cm³/mol. The second kappa shape index (κ2) is 12.2. The fraction of sp³-hybridized carbons (Fsp3) is 0.250. The zero-order valence-corrected chi connectivity index (χ0v) is 23.9. The number of aryl methyl sites for hydroxylation is 1. The highest BCUT2D eigenvalue weighted by molar-refractivity contribution is 5.94. The molecule has 0 bridgehead atoms. The van der Waals surface area contributed by atoms with Crippen molar-refractivity contribution in [3.63, 3.8) is 0 Å². The molecule has 11 nitrogen and oxygen atoms in total. The van der Waals surface area contributed by atoms with Gasteiger partial charge < -0.3 is 10.6 Å². The van der Waals surface area contributed by atoms with Gasteiger partial charge in [0.15, 0.2) is 0 Å². The molecule has 0 aliphatic heterocycles. The number of nitriles is 1. The number of nitrogens with zero attached hydrogens (tertiary/aromatic N) is 7. The number of carbonyl (C=O) groups is 1. The maximum absolute atomic E-state index is 14.2. The molecule has 2 aromatic carbocycles. The average Bonchev–Trinajstić information content (AvgIpc) is 3.74. The third-order valence-electron chi connectivity index (χ3n) is 7.77. The summed E-state index contributed by atoms with van der Waals surface area (Å²) >= 11 is 0. The molecule has 0 radical (unpaired) electrons. The standard InChI is InChI=1S/C32H32N10O/c1-41-22-26(21-37-41)24-10-12-27(13-11-24)42(31(43)35-19-23-8-4-2-5-9-23)32(15-6-3-7-16-32)39-30-34-20-25(18-33)29(38-30)28-14-17-36-40-28/h2,4-5,8-14,17,20-22H,3,6-7,15-16,19H2,1H3,(H,35,43)(H,36,40)(H,34,38,39). The molecular formula is C32H32N10O. The molecule has 5 aromatic rings. The molecule has 3 N–H and O–H groups in total. The van der Waals surface area contributed by atoms with Gasteiger partial charge in [0.1, 0.15) is 17.4 Å². The summed E-state index contributed by atoms with van der Waals surface area (Å²) in [7, 11) is 1.89. The van der Waals surface area contributed by atoms with Crippen LogP contribution < -0.4 is 15.5 Å². The first-order valence-electron chi connectivity index (χ1n) is 14.3. The summed E-state index contributed by atoms with van der Waals surface area (Å²) in [5, 5.41) is 27.6. The van der Waals surface area contributed by atoms with Crippen LogP contribution in [0.25, 0.3) is 22.5 Å². The van der Waals surface area contributed by atoms with Gasteiger partial charge in [0.2, 0.25) is 5.95 Å². The van der Waals surface area contributed by atoms with Crippen molar-refractivity contribution in [1.82, 2.24) is 35.3 Å². The van der Waals surface area contributed by atoms with Crippen LogP contribution in [-0.4, -0.2) is 41.6 Å². The third-order valence-corrected chi connectivity index (χ3v) is 7.77.